The fraction of sp³-hybridized carbons (Fsp3) is 0.706. The largest absolute Gasteiger partial charge is 0.310 e. The summed E-state index contributed by atoms with van der Waals surface area (Å²) in [6, 6.07) is 6.08. The fourth-order valence-electron chi connectivity index (χ4n) is 3.16. The molecule has 0 amide bonds. The van der Waals surface area contributed by atoms with Gasteiger partial charge in [0, 0.05) is 25.8 Å². The lowest BCUT2D eigenvalue weighted by Crippen LogP contribution is -2.42. The van der Waals surface area contributed by atoms with Crippen LogP contribution in [0.5, 0.6) is 0 Å². The summed E-state index contributed by atoms with van der Waals surface area (Å²) < 4.78 is 0. The summed E-state index contributed by atoms with van der Waals surface area (Å²) in [4.78, 5) is 6.93. The normalized spacial score (nSPS) is 19.1. The summed E-state index contributed by atoms with van der Waals surface area (Å²) in [5.74, 6) is 0. The van der Waals surface area contributed by atoms with E-state index in [2.05, 4.69) is 35.1 Å². The number of hydrogen-bond donors (Lipinski definition) is 1. The van der Waals surface area contributed by atoms with Crippen LogP contribution < -0.4 is 5.32 Å². The van der Waals surface area contributed by atoms with Gasteiger partial charge in [0.05, 0.1) is 5.69 Å². The minimum absolute atomic E-state index is 0.637. The van der Waals surface area contributed by atoms with E-state index < -0.39 is 0 Å². The quantitative estimate of drug-likeness (QED) is 0.775. The van der Waals surface area contributed by atoms with E-state index in [4.69, 9.17) is 0 Å². The van der Waals surface area contributed by atoms with Crippen molar-refractivity contribution < 1.29 is 0 Å². The van der Waals surface area contributed by atoms with Gasteiger partial charge in [-0.2, -0.15) is 0 Å². The molecule has 2 heterocycles. The Hall–Kier alpha value is -0.930. The number of hydrogen-bond acceptors (Lipinski definition) is 3. The molecule has 0 spiro atoms. The Morgan fingerprint density at radius 1 is 1.20 bits per heavy atom. The monoisotopic (exact) mass is 275 g/mol. The van der Waals surface area contributed by atoms with Crippen molar-refractivity contribution in [3.63, 3.8) is 0 Å². The molecule has 3 heteroatoms. The third-order valence-electron chi connectivity index (χ3n) is 5.05. The van der Waals surface area contributed by atoms with Crippen LogP contribution in [0.3, 0.4) is 0 Å². The van der Waals surface area contributed by atoms with Crippen LogP contribution in [0.1, 0.15) is 45.2 Å². The van der Waals surface area contributed by atoms with E-state index in [-0.39, 0.29) is 0 Å². The van der Waals surface area contributed by atoms with E-state index in [1.807, 2.05) is 18.3 Å². The molecule has 3 nitrogen and oxygen atoms in total. The molecule has 0 aromatic carbocycles. The molecule has 0 saturated carbocycles. The lowest BCUT2D eigenvalue weighted by atomic mass is 9.74. The first-order valence-electron chi connectivity index (χ1n) is 8.11. The van der Waals surface area contributed by atoms with Crippen molar-refractivity contribution in [2.24, 2.45) is 5.41 Å². The minimum atomic E-state index is 0.637. The molecule has 112 valence electrons. The highest BCUT2D eigenvalue weighted by Crippen LogP contribution is 2.37. The van der Waals surface area contributed by atoms with Gasteiger partial charge >= 0.3 is 0 Å². The van der Waals surface area contributed by atoms with Gasteiger partial charge in [-0.15, -0.1) is 0 Å². The maximum absolute atomic E-state index is 4.33. The summed E-state index contributed by atoms with van der Waals surface area (Å²) in [5.41, 5.74) is 1.76. The van der Waals surface area contributed by atoms with E-state index in [1.165, 1.54) is 38.8 Å². The number of pyridine rings is 1. The standard InChI is InChI=1S/C17H29N3/c1-3-17(4-2)8-12-20(13-9-17)14-11-18-15-16-7-5-6-10-19-16/h5-7,10,18H,3-4,8-9,11-15H2,1-2H3. The molecule has 1 aliphatic heterocycles. The third-order valence-corrected chi connectivity index (χ3v) is 5.05. The van der Waals surface area contributed by atoms with Crippen molar-refractivity contribution >= 4 is 0 Å². The Morgan fingerprint density at radius 2 is 1.95 bits per heavy atom. The van der Waals surface area contributed by atoms with Gasteiger partial charge in [0.15, 0.2) is 0 Å². The second-order valence-electron chi connectivity index (χ2n) is 6.05. The number of aromatic nitrogens is 1. The van der Waals surface area contributed by atoms with Gasteiger partial charge in [0.2, 0.25) is 0 Å². The number of nitrogens with one attached hydrogen (secondary N) is 1. The molecule has 20 heavy (non-hydrogen) atoms. The van der Waals surface area contributed by atoms with Crippen molar-refractivity contribution in [2.75, 3.05) is 26.2 Å². The number of likely N-dealkylation sites (tertiary alicyclic amines) is 1. The average Bonchev–Trinajstić information content (AvgIpc) is 2.53. The molecule has 0 radical (unpaired) electrons. The molecule has 1 N–H and O–H groups in total. The molecule has 1 fully saturated rings. The molecule has 1 aromatic rings. The first kappa shape index (κ1) is 15.5. The van der Waals surface area contributed by atoms with E-state index in [9.17, 15) is 0 Å². The third kappa shape index (κ3) is 4.29. The number of piperidine rings is 1. The van der Waals surface area contributed by atoms with Crippen molar-refractivity contribution in [1.29, 1.82) is 0 Å². The highest BCUT2D eigenvalue weighted by molar-refractivity contribution is 5.02. The van der Waals surface area contributed by atoms with E-state index in [0.29, 0.717) is 5.41 Å². The lowest BCUT2D eigenvalue weighted by Gasteiger charge is -2.41. The van der Waals surface area contributed by atoms with Crippen LogP contribution in [0, 0.1) is 5.41 Å². The molecule has 0 unspecified atom stereocenters. The summed E-state index contributed by atoms with van der Waals surface area (Å²) in [5, 5.41) is 3.49. The highest BCUT2D eigenvalue weighted by atomic mass is 15.1. The first-order chi connectivity index (χ1) is 9.78. The maximum Gasteiger partial charge on any atom is 0.0541 e. The smallest absolute Gasteiger partial charge is 0.0541 e. The van der Waals surface area contributed by atoms with Crippen molar-refractivity contribution in [3.8, 4) is 0 Å². The van der Waals surface area contributed by atoms with Gasteiger partial charge in [-0.05, 0) is 43.5 Å². The minimum Gasteiger partial charge on any atom is -0.310 e. The topological polar surface area (TPSA) is 28.2 Å². The van der Waals surface area contributed by atoms with Gasteiger partial charge in [-0.25, -0.2) is 0 Å². The molecular formula is C17H29N3. The van der Waals surface area contributed by atoms with E-state index in [0.717, 1.165) is 25.3 Å². The first-order valence-corrected chi connectivity index (χ1v) is 8.11. The molecule has 1 aliphatic rings. The maximum atomic E-state index is 4.33. The van der Waals surface area contributed by atoms with Crippen LogP contribution in [0.15, 0.2) is 24.4 Å². The Labute approximate surface area is 123 Å². The van der Waals surface area contributed by atoms with Crippen molar-refractivity contribution in [2.45, 2.75) is 46.1 Å². The summed E-state index contributed by atoms with van der Waals surface area (Å²) in [7, 11) is 0. The summed E-state index contributed by atoms with van der Waals surface area (Å²) in [6.45, 7) is 10.3. The zero-order chi connectivity index (χ0) is 14.3. The predicted octanol–water partition coefficient (Wildman–Crippen LogP) is 3.07. The zero-order valence-electron chi connectivity index (χ0n) is 13.1. The van der Waals surface area contributed by atoms with Gasteiger partial charge in [0.1, 0.15) is 0 Å². The molecular weight excluding hydrogens is 246 g/mol. The highest BCUT2D eigenvalue weighted by Gasteiger charge is 2.30. The second-order valence-corrected chi connectivity index (χ2v) is 6.05. The Bertz CT molecular complexity index is 363. The number of rotatable bonds is 7. The zero-order valence-corrected chi connectivity index (χ0v) is 13.1. The van der Waals surface area contributed by atoms with Crippen molar-refractivity contribution in [1.82, 2.24) is 15.2 Å². The predicted molar refractivity (Wildman–Crippen MR) is 84.6 cm³/mol. The molecule has 0 bridgehead atoms. The molecule has 1 aromatic heterocycles. The van der Waals surface area contributed by atoms with E-state index >= 15 is 0 Å². The fourth-order valence-corrected chi connectivity index (χ4v) is 3.16. The summed E-state index contributed by atoms with van der Waals surface area (Å²) in [6.07, 6.45) is 7.29. The molecule has 1 saturated heterocycles. The molecule has 0 aliphatic carbocycles. The van der Waals surface area contributed by atoms with Crippen LogP contribution in [-0.2, 0) is 6.54 Å². The average molecular weight is 275 g/mol. The van der Waals surface area contributed by atoms with Gasteiger partial charge in [0.25, 0.3) is 0 Å². The van der Waals surface area contributed by atoms with Gasteiger partial charge in [-0.1, -0.05) is 32.8 Å². The Kier molecular flexibility index (Phi) is 5.99. The van der Waals surface area contributed by atoms with Crippen LogP contribution in [-0.4, -0.2) is 36.1 Å². The Morgan fingerprint density at radius 3 is 2.55 bits per heavy atom. The SMILES string of the molecule is CCC1(CC)CCN(CCNCc2ccccn2)CC1. The van der Waals surface area contributed by atoms with Crippen LogP contribution >= 0.6 is 0 Å². The van der Waals surface area contributed by atoms with Crippen LogP contribution in [0.25, 0.3) is 0 Å². The molecule has 2 rings (SSSR count). The van der Waals surface area contributed by atoms with Gasteiger partial charge in [-0.3, -0.25) is 4.98 Å². The molecule has 0 atom stereocenters. The second kappa shape index (κ2) is 7.75. The van der Waals surface area contributed by atoms with Gasteiger partial charge < -0.3 is 10.2 Å². The number of nitrogens with zero attached hydrogens (tertiary/aromatic N) is 2. The Balaban J connectivity index is 1.62. The van der Waals surface area contributed by atoms with Crippen molar-refractivity contribution in [3.05, 3.63) is 30.1 Å². The van der Waals surface area contributed by atoms with E-state index in [1.54, 1.807) is 0 Å². The summed E-state index contributed by atoms with van der Waals surface area (Å²) >= 11 is 0. The lowest BCUT2D eigenvalue weighted by molar-refractivity contribution is 0.0960. The van der Waals surface area contributed by atoms with Crippen LogP contribution in [0.4, 0.5) is 0 Å². The van der Waals surface area contributed by atoms with Crippen LogP contribution in [0.2, 0.25) is 0 Å².